The maximum Gasteiger partial charge on any atom is 0.416 e. The van der Waals surface area contributed by atoms with Crippen molar-refractivity contribution in [2.75, 3.05) is 0 Å². The third-order valence-electron chi connectivity index (χ3n) is 3.46. The van der Waals surface area contributed by atoms with E-state index in [-0.39, 0.29) is 12.0 Å². The number of rotatable bonds is 5. The Bertz CT molecular complexity index is 775. The van der Waals surface area contributed by atoms with Crippen molar-refractivity contribution in [3.63, 3.8) is 0 Å². The van der Waals surface area contributed by atoms with Gasteiger partial charge in [-0.2, -0.15) is 13.2 Å². The van der Waals surface area contributed by atoms with Crippen molar-refractivity contribution in [1.29, 1.82) is 0 Å². The van der Waals surface area contributed by atoms with Crippen LogP contribution in [-0.4, -0.2) is 23.0 Å². The Labute approximate surface area is 149 Å². The summed E-state index contributed by atoms with van der Waals surface area (Å²) in [5.74, 6) is -2.00. The molecule has 25 heavy (non-hydrogen) atoms. The van der Waals surface area contributed by atoms with E-state index in [0.29, 0.717) is 10.0 Å². The zero-order valence-corrected chi connectivity index (χ0v) is 14.3. The molecule has 0 bridgehead atoms. The molecule has 0 aliphatic heterocycles. The highest BCUT2D eigenvalue weighted by Gasteiger charge is 2.30. The summed E-state index contributed by atoms with van der Waals surface area (Å²) in [5, 5.41) is 11.6. The first-order valence-electron chi connectivity index (χ1n) is 7.13. The molecule has 0 aromatic heterocycles. The average Bonchev–Trinajstić information content (AvgIpc) is 2.55. The first-order valence-corrected chi connectivity index (χ1v) is 7.92. The number of benzene rings is 2. The molecule has 4 nitrogen and oxygen atoms in total. The third-order valence-corrected chi connectivity index (χ3v) is 4.23. The second-order valence-electron chi connectivity index (χ2n) is 5.23. The lowest BCUT2D eigenvalue weighted by molar-refractivity contribution is -0.139. The number of aliphatic carboxylic acids is 1. The quantitative estimate of drug-likeness (QED) is 0.778. The number of amides is 1. The predicted molar refractivity (Wildman–Crippen MR) is 88.2 cm³/mol. The number of alkyl halides is 3. The van der Waals surface area contributed by atoms with E-state index >= 15 is 0 Å². The van der Waals surface area contributed by atoms with Crippen LogP contribution in [0.5, 0.6) is 0 Å². The van der Waals surface area contributed by atoms with Gasteiger partial charge in [-0.25, -0.2) is 4.79 Å². The van der Waals surface area contributed by atoms with Crippen molar-refractivity contribution in [2.24, 2.45) is 0 Å². The molecular weight excluding hydrogens is 403 g/mol. The number of carboxylic acids is 1. The highest BCUT2D eigenvalue weighted by molar-refractivity contribution is 9.10. The van der Waals surface area contributed by atoms with E-state index in [4.69, 9.17) is 0 Å². The molecule has 2 aromatic rings. The van der Waals surface area contributed by atoms with Crippen LogP contribution in [0.1, 0.15) is 21.5 Å². The summed E-state index contributed by atoms with van der Waals surface area (Å²) in [7, 11) is 0. The molecule has 0 aliphatic carbocycles. The molecule has 2 rings (SSSR count). The van der Waals surface area contributed by atoms with Gasteiger partial charge in [0.15, 0.2) is 0 Å². The van der Waals surface area contributed by atoms with E-state index in [1.807, 2.05) is 0 Å². The summed E-state index contributed by atoms with van der Waals surface area (Å²) in [5.41, 5.74) is -0.249. The summed E-state index contributed by atoms with van der Waals surface area (Å²) in [6, 6.07) is 9.31. The Morgan fingerprint density at radius 1 is 1.08 bits per heavy atom. The summed E-state index contributed by atoms with van der Waals surface area (Å²) in [6.07, 6.45) is -4.47. The number of carbonyl (C=O) groups is 2. The van der Waals surface area contributed by atoms with Crippen LogP contribution >= 0.6 is 15.9 Å². The van der Waals surface area contributed by atoms with E-state index in [0.717, 1.165) is 24.3 Å². The van der Waals surface area contributed by atoms with Crippen LogP contribution in [0, 0.1) is 0 Å². The van der Waals surface area contributed by atoms with Crippen LogP contribution in [0.2, 0.25) is 0 Å². The molecule has 0 saturated heterocycles. The van der Waals surface area contributed by atoms with E-state index in [1.165, 1.54) is 0 Å². The Morgan fingerprint density at radius 3 is 2.20 bits per heavy atom. The average molecular weight is 416 g/mol. The number of halogens is 4. The maximum absolute atomic E-state index is 12.5. The molecule has 0 fully saturated rings. The Balaban J connectivity index is 2.13. The molecular formula is C17H13BrF3NO3. The number of nitrogens with one attached hydrogen (secondary N) is 1. The van der Waals surface area contributed by atoms with Gasteiger partial charge in [0.2, 0.25) is 0 Å². The number of hydrogen-bond acceptors (Lipinski definition) is 2. The van der Waals surface area contributed by atoms with Crippen molar-refractivity contribution < 1.29 is 27.9 Å². The molecule has 1 amide bonds. The van der Waals surface area contributed by atoms with Crippen molar-refractivity contribution in [3.8, 4) is 0 Å². The van der Waals surface area contributed by atoms with Gasteiger partial charge >= 0.3 is 12.1 Å². The smallest absolute Gasteiger partial charge is 0.416 e. The zero-order valence-electron chi connectivity index (χ0n) is 12.7. The first-order chi connectivity index (χ1) is 11.7. The Morgan fingerprint density at radius 2 is 1.68 bits per heavy atom. The minimum atomic E-state index is -4.50. The molecule has 0 spiro atoms. The number of carbonyl (C=O) groups excluding carboxylic acids is 1. The molecule has 0 unspecified atom stereocenters. The van der Waals surface area contributed by atoms with Crippen LogP contribution in [0.3, 0.4) is 0 Å². The largest absolute Gasteiger partial charge is 0.480 e. The van der Waals surface area contributed by atoms with Crippen LogP contribution in [-0.2, 0) is 17.4 Å². The van der Waals surface area contributed by atoms with Gasteiger partial charge in [-0.1, -0.05) is 34.1 Å². The SMILES string of the molecule is O=C(N[C@@H](Cc1ccccc1Br)C(=O)O)c1ccc(C(F)(F)F)cc1. The minimum absolute atomic E-state index is 0.0309. The zero-order chi connectivity index (χ0) is 18.6. The van der Waals surface area contributed by atoms with Crippen LogP contribution in [0.15, 0.2) is 53.0 Å². The second kappa shape index (κ2) is 7.69. The standard InChI is InChI=1S/C17H13BrF3NO3/c18-13-4-2-1-3-11(13)9-14(16(24)25)22-15(23)10-5-7-12(8-6-10)17(19,20)21/h1-8,14H,9H2,(H,22,23)(H,24,25)/t14-/m0/s1. The molecule has 0 heterocycles. The Hall–Kier alpha value is -2.35. The molecule has 2 aromatic carbocycles. The molecule has 1 atom stereocenters. The van der Waals surface area contributed by atoms with Gasteiger partial charge < -0.3 is 10.4 Å². The molecule has 2 N–H and O–H groups in total. The molecule has 8 heteroatoms. The molecule has 132 valence electrons. The van der Waals surface area contributed by atoms with Gasteiger partial charge in [-0.15, -0.1) is 0 Å². The molecule has 0 saturated carbocycles. The van der Waals surface area contributed by atoms with Gasteiger partial charge in [0.1, 0.15) is 6.04 Å². The summed E-state index contributed by atoms with van der Waals surface area (Å²) < 4.78 is 38.3. The summed E-state index contributed by atoms with van der Waals surface area (Å²) in [6.45, 7) is 0. The lowest BCUT2D eigenvalue weighted by Crippen LogP contribution is -2.42. The highest BCUT2D eigenvalue weighted by Crippen LogP contribution is 2.29. The van der Waals surface area contributed by atoms with E-state index in [2.05, 4.69) is 21.2 Å². The monoisotopic (exact) mass is 415 g/mol. The second-order valence-corrected chi connectivity index (χ2v) is 6.09. The lowest BCUT2D eigenvalue weighted by atomic mass is 10.1. The van der Waals surface area contributed by atoms with Crippen molar-refractivity contribution in [2.45, 2.75) is 18.6 Å². The van der Waals surface area contributed by atoms with E-state index < -0.39 is 29.7 Å². The van der Waals surface area contributed by atoms with E-state index in [9.17, 15) is 27.9 Å². The van der Waals surface area contributed by atoms with Gasteiger partial charge in [-0.3, -0.25) is 4.79 Å². The van der Waals surface area contributed by atoms with Crippen LogP contribution in [0.25, 0.3) is 0 Å². The van der Waals surface area contributed by atoms with Crippen LogP contribution in [0.4, 0.5) is 13.2 Å². The molecule has 0 radical (unpaired) electrons. The van der Waals surface area contributed by atoms with Gasteiger partial charge in [0.05, 0.1) is 5.56 Å². The van der Waals surface area contributed by atoms with Gasteiger partial charge in [-0.05, 0) is 35.9 Å². The topological polar surface area (TPSA) is 66.4 Å². The van der Waals surface area contributed by atoms with Crippen molar-refractivity contribution in [1.82, 2.24) is 5.32 Å². The summed E-state index contributed by atoms with van der Waals surface area (Å²) in [4.78, 5) is 23.5. The summed E-state index contributed by atoms with van der Waals surface area (Å²) >= 11 is 3.30. The maximum atomic E-state index is 12.5. The van der Waals surface area contributed by atoms with Gasteiger partial charge in [0, 0.05) is 16.5 Å². The predicted octanol–water partition coefficient (Wildman–Crippen LogP) is 3.89. The highest BCUT2D eigenvalue weighted by atomic mass is 79.9. The lowest BCUT2D eigenvalue weighted by Gasteiger charge is -2.16. The number of hydrogen-bond donors (Lipinski definition) is 2. The van der Waals surface area contributed by atoms with Crippen molar-refractivity contribution >= 4 is 27.8 Å². The fourth-order valence-corrected chi connectivity index (χ4v) is 2.58. The van der Waals surface area contributed by atoms with Crippen LogP contribution < -0.4 is 5.32 Å². The van der Waals surface area contributed by atoms with E-state index in [1.54, 1.807) is 24.3 Å². The fourth-order valence-electron chi connectivity index (χ4n) is 2.14. The minimum Gasteiger partial charge on any atom is -0.480 e. The number of carboxylic acid groups (broad SMARTS) is 1. The normalized spacial score (nSPS) is 12.5. The molecule has 0 aliphatic rings. The Kier molecular flexibility index (Phi) is 5.84. The first kappa shape index (κ1) is 19.0. The fraction of sp³-hybridized carbons (Fsp3) is 0.176. The third kappa shape index (κ3) is 5.06. The van der Waals surface area contributed by atoms with Gasteiger partial charge in [0.25, 0.3) is 5.91 Å². The van der Waals surface area contributed by atoms with Crippen molar-refractivity contribution in [3.05, 3.63) is 69.7 Å².